The number of rotatable bonds is 9. The molecule has 1 aromatic heterocycles. The van der Waals surface area contributed by atoms with Crippen LogP contribution in [0.1, 0.15) is 42.9 Å². The number of carboxylic acids is 1. The van der Waals surface area contributed by atoms with E-state index in [-0.39, 0.29) is 5.69 Å². The van der Waals surface area contributed by atoms with Gasteiger partial charge in [0.1, 0.15) is 5.69 Å². The lowest BCUT2D eigenvalue weighted by atomic mass is 10.1. The maximum absolute atomic E-state index is 11.0. The Hall–Kier alpha value is -1.46. The molecule has 0 spiro atoms. The van der Waals surface area contributed by atoms with E-state index in [4.69, 9.17) is 9.84 Å². The summed E-state index contributed by atoms with van der Waals surface area (Å²) in [5.74, 6) is -0.988. The molecule has 0 unspecified atom stereocenters. The molecule has 1 N–H and O–H groups in total. The van der Waals surface area contributed by atoms with Gasteiger partial charge in [0.05, 0.1) is 12.3 Å². The second-order valence-corrected chi connectivity index (χ2v) is 4.75. The van der Waals surface area contributed by atoms with E-state index in [1.807, 2.05) is 6.07 Å². The Balaban J connectivity index is 2.82. The molecule has 0 fully saturated rings. The molecule has 0 saturated carbocycles. The third-order valence-electron chi connectivity index (χ3n) is 3.43. The van der Waals surface area contributed by atoms with Gasteiger partial charge in [0.2, 0.25) is 0 Å². The van der Waals surface area contributed by atoms with E-state index in [9.17, 15) is 4.79 Å². The van der Waals surface area contributed by atoms with Crippen LogP contribution in [0.5, 0.6) is 0 Å². The first-order valence-electron chi connectivity index (χ1n) is 7.04. The number of aromatic carboxylic acids is 1. The number of hydrogen-bond donors (Lipinski definition) is 1. The molecule has 0 bridgehead atoms. The van der Waals surface area contributed by atoms with Crippen molar-refractivity contribution in [3.8, 4) is 0 Å². The standard InChI is InChI=1S/C15H24N2O3/c1-4-13(5-2)17(9-10-20-3)11-12-7-6-8-14(16-12)15(18)19/h6-8,13H,4-5,9-11H2,1-3H3,(H,18,19). The van der Waals surface area contributed by atoms with Crippen molar-refractivity contribution in [3.05, 3.63) is 29.6 Å². The zero-order valence-corrected chi connectivity index (χ0v) is 12.5. The Bertz CT molecular complexity index is 419. The number of pyridine rings is 1. The van der Waals surface area contributed by atoms with Crippen molar-refractivity contribution < 1.29 is 14.6 Å². The van der Waals surface area contributed by atoms with Crippen LogP contribution in [0.25, 0.3) is 0 Å². The molecule has 5 nitrogen and oxygen atoms in total. The SMILES string of the molecule is CCC(CC)N(CCOC)Cc1cccc(C(=O)O)n1. The minimum atomic E-state index is -0.988. The van der Waals surface area contributed by atoms with Crippen LogP contribution in [0.15, 0.2) is 18.2 Å². The molecule has 0 amide bonds. The average molecular weight is 280 g/mol. The van der Waals surface area contributed by atoms with Gasteiger partial charge in [-0.2, -0.15) is 0 Å². The van der Waals surface area contributed by atoms with Crippen molar-refractivity contribution in [2.24, 2.45) is 0 Å². The molecule has 0 aliphatic rings. The molecule has 0 saturated heterocycles. The van der Waals surface area contributed by atoms with Crippen molar-refractivity contribution in [3.63, 3.8) is 0 Å². The number of nitrogens with zero attached hydrogens (tertiary/aromatic N) is 2. The normalized spacial score (nSPS) is 11.2. The monoisotopic (exact) mass is 280 g/mol. The third-order valence-corrected chi connectivity index (χ3v) is 3.43. The number of carboxylic acid groups (broad SMARTS) is 1. The highest BCUT2D eigenvalue weighted by Crippen LogP contribution is 2.12. The summed E-state index contributed by atoms with van der Waals surface area (Å²) in [4.78, 5) is 17.5. The number of aromatic nitrogens is 1. The molecule has 1 heterocycles. The number of methoxy groups -OCH3 is 1. The fourth-order valence-corrected chi connectivity index (χ4v) is 2.30. The lowest BCUT2D eigenvalue weighted by Gasteiger charge is -2.29. The zero-order chi connectivity index (χ0) is 15.0. The average Bonchev–Trinajstić information content (AvgIpc) is 2.46. The van der Waals surface area contributed by atoms with Crippen molar-refractivity contribution in [1.82, 2.24) is 9.88 Å². The van der Waals surface area contributed by atoms with Gasteiger partial charge in [0.25, 0.3) is 0 Å². The molecule has 0 aromatic carbocycles. The summed E-state index contributed by atoms with van der Waals surface area (Å²) in [7, 11) is 1.69. The lowest BCUT2D eigenvalue weighted by Crippen LogP contribution is -2.36. The molecule has 112 valence electrons. The fourth-order valence-electron chi connectivity index (χ4n) is 2.30. The van der Waals surface area contributed by atoms with E-state index in [0.717, 1.165) is 25.1 Å². The van der Waals surface area contributed by atoms with Gasteiger partial charge in [-0.1, -0.05) is 19.9 Å². The first kappa shape index (κ1) is 16.6. The molecule has 5 heteroatoms. The Morgan fingerprint density at radius 3 is 2.65 bits per heavy atom. The van der Waals surface area contributed by atoms with Crippen LogP contribution in [-0.2, 0) is 11.3 Å². The molecule has 1 rings (SSSR count). The Morgan fingerprint density at radius 1 is 1.40 bits per heavy atom. The highest BCUT2D eigenvalue weighted by atomic mass is 16.5. The van der Waals surface area contributed by atoms with Gasteiger partial charge >= 0.3 is 5.97 Å². The van der Waals surface area contributed by atoms with Crippen LogP contribution < -0.4 is 0 Å². The summed E-state index contributed by atoms with van der Waals surface area (Å²) in [5.41, 5.74) is 0.881. The first-order chi connectivity index (χ1) is 9.62. The van der Waals surface area contributed by atoms with E-state index in [1.54, 1.807) is 13.2 Å². The summed E-state index contributed by atoms with van der Waals surface area (Å²) in [5, 5.41) is 8.99. The smallest absolute Gasteiger partial charge is 0.354 e. The van der Waals surface area contributed by atoms with Gasteiger partial charge in [0.15, 0.2) is 0 Å². The van der Waals surface area contributed by atoms with Crippen LogP contribution in [0.2, 0.25) is 0 Å². The van der Waals surface area contributed by atoms with Crippen molar-refractivity contribution >= 4 is 5.97 Å². The van der Waals surface area contributed by atoms with E-state index >= 15 is 0 Å². The topological polar surface area (TPSA) is 62.7 Å². The van der Waals surface area contributed by atoms with Gasteiger partial charge in [-0.3, -0.25) is 4.90 Å². The van der Waals surface area contributed by atoms with Gasteiger partial charge in [-0.15, -0.1) is 0 Å². The van der Waals surface area contributed by atoms with Crippen LogP contribution >= 0.6 is 0 Å². The van der Waals surface area contributed by atoms with E-state index < -0.39 is 5.97 Å². The number of carbonyl (C=O) groups is 1. The molecule has 0 aliphatic carbocycles. The highest BCUT2D eigenvalue weighted by Gasteiger charge is 2.16. The Labute approximate surface area is 120 Å². The Morgan fingerprint density at radius 2 is 2.10 bits per heavy atom. The summed E-state index contributed by atoms with van der Waals surface area (Å²) in [6.45, 7) is 6.46. The largest absolute Gasteiger partial charge is 0.477 e. The quantitative estimate of drug-likeness (QED) is 0.752. The summed E-state index contributed by atoms with van der Waals surface area (Å²) in [6, 6.07) is 5.59. The number of ether oxygens (including phenoxy) is 1. The van der Waals surface area contributed by atoms with E-state index in [1.165, 1.54) is 6.07 Å². The van der Waals surface area contributed by atoms with Crippen LogP contribution in [0, 0.1) is 0 Å². The molecule has 20 heavy (non-hydrogen) atoms. The van der Waals surface area contributed by atoms with Crippen molar-refractivity contribution in [2.75, 3.05) is 20.3 Å². The van der Waals surface area contributed by atoms with Crippen LogP contribution in [0.3, 0.4) is 0 Å². The summed E-state index contributed by atoms with van der Waals surface area (Å²) < 4.78 is 5.15. The van der Waals surface area contributed by atoms with Crippen LogP contribution in [-0.4, -0.2) is 47.3 Å². The number of hydrogen-bond acceptors (Lipinski definition) is 4. The Kier molecular flexibility index (Phi) is 7.18. The van der Waals surface area contributed by atoms with Gasteiger partial charge in [0, 0.05) is 26.2 Å². The fraction of sp³-hybridized carbons (Fsp3) is 0.600. The third kappa shape index (κ3) is 4.90. The van der Waals surface area contributed by atoms with Gasteiger partial charge < -0.3 is 9.84 Å². The summed E-state index contributed by atoms with van der Waals surface area (Å²) in [6.07, 6.45) is 2.11. The molecule has 0 aliphatic heterocycles. The maximum Gasteiger partial charge on any atom is 0.354 e. The highest BCUT2D eigenvalue weighted by molar-refractivity contribution is 5.85. The molecule has 0 radical (unpaired) electrons. The minimum Gasteiger partial charge on any atom is -0.477 e. The molecular weight excluding hydrogens is 256 g/mol. The van der Waals surface area contributed by atoms with Crippen molar-refractivity contribution in [1.29, 1.82) is 0 Å². The minimum absolute atomic E-state index is 0.0961. The maximum atomic E-state index is 11.0. The molecule has 0 atom stereocenters. The van der Waals surface area contributed by atoms with Gasteiger partial charge in [-0.25, -0.2) is 9.78 Å². The van der Waals surface area contributed by atoms with Crippen molar-refractivity contribution in [2.45, 2.75) is 39.3 Å². The van der Waals surface area contributed by atoms with E-state index in [2.05, 4.69) is 23.7 Å². The van der Waals surface area contributed by atoms with Gasteiger partial charge in [-0.05, 0) is 25.0 Å². The second kappa shape index (κ2) is 8.66. The molecule has 1 aromatic rings. The summed E-state index contributed by atoms with van der Waals surface area (Å²) >= 11 is 0. The van der Waals surface area contributed by atoms with Crippen LogP contribution in [0.4, 0.5) is 0 Å². The second-order valence-electron chi connectivity index (χ2n) is 4.75. The zero-order valence-electron chi connectivity index (χ0n) is 12.5. The van der Waals surface area contributed by atoms with E-state index in [0.29, 0.717) is 19.2 Å². The predicted molar refractivity (Wildman–Crippen MR) is 77.9 cm³/mol. The molecular formula is C15H24N2O3. The predicted octanol–water partition coefficient (Wildman–Crippen LogP) is 2.42. The lowest BCUT2D eigenvalue weighted by molar-refractivity contribution is 0.0689. The first-order valence-corrected chi connectivity index (χ1v) is 7.04.